The predicted molar refractivity (Wildman–Crippen MR) is 87.7 cm³/mol. The smallest absolute Gasteiger partial charge is 0.300 e. The number of hydrogen-bond acceptors (Lipinski definition) is 12. The van der Waals surface area contributed by atoms with Crippen LogP contribution in [0.1, 0.15) is 13.8 Å². The van der Waals surface area contributed by atoms with Crippen LogP contribution in [-0.2, 0) is 55.8 Å². The van der Waals surface area contributed by atoms with Crippen molar-refractivity contribution < 1.29 is 52.4 Å². The molecule has 2 rings (SSSR count). The first kappa shape index (κ1) is 22.4. The third-order valence-corrected chi connectivity index (χ3v) is 11.6. The highest BCUT2D eigenvalue weighted by atomic mass is 32.2. The normalized spacial score (nSPS) is 32.1. The summed E-state index contributed by atoms with van der Waals surface area (Å²) < 4.78 is 101. The second kappa shape index (κ2) is 8.24. The molecule has 0 saturated carbocycles. The molecule has 2 aliphatic heterocycles. The zero-order valence-electron chi connectivity index (χ0n) is 14.0. The topological polar surface area (TPSA) is 158 Å². The Morgan fingerprint density at radius 3 is 1.38 bits per heavy atom. The van der Waals surface area contributed by atoms with Gasteiger partial charge in [0.15, 0.2) is 0 Å². The average molecular weight is 458 g/mol. The highest BCUT2D eigenvalue weighted by Gasteiger charge is 2.55. The molecule has 0 N–H and O–H groups in total. The molecule has 4 unspecified atom stereocenters. The molecule has 12 nitrogen and oxygen atoms in total. The Balaban J connectivity index is 2.26. The van der Waals surface area contributed by atoms with E-state index in [1.165, 1.54) is 13.8 Å². The quantitative estimate of drug-likeness (QED) is 0.355. The Morgan fingerprint density at radius 1 is 0.808 bits per heavy atom. The summed E-state index contributed by atoms with van der Waals surface area (Å²) in [7, 11) is -17.0. The lowest BCUT2D eigenvalue weighted by atomic mass is 10.5. The molecule has 16 heteroatoms. The molecular weight excluding hydrogens is 438 g/mol. The first-order valence-corrected chi connectivity index (χ1v) is 14.5. The van der Waals surface area contributed by atoms with Gasteiger partial charge < -0.3 is 9.05 Å². The van der Waals surface area contributed by atoms with Gasteiger partial charge in [-0.15, -0.1) is 0 Å². The summed E-state index contributed by atoms with van der Waals surface area (Å²) in [6, 6.07) is 0. The van der Waals surface area contributed by atoms with Gasteiger partial charge in [0, 0.05) is 0 Å². The maximum absolute atomic E-state index is 13.1. The van der Waals surface area contributed by atoms with E-state index in [-0.39, 0.29) is 13.2 Å². The van der Waals surface area contributed by atoms with Crippen molar-refractivity contribution in [2.45, 2.75) is 26.1 Å². The maximum Gasteiger partial charge on any atom is 0.441 e. The highest BCUT2D eigenvalue weighted by molar-refractivity contribution is 8.27. The van der Waals surface area contributed by atoms with Crippen LogP contribution in [0.4, 0.5) is 0 Å². The standard InChI is InChI=1S/C10H20O12P2S2/c1-3-17-23(11,21-9-5-19-25(13,14)7-9)24(12,18-4-2)22-10-6-20-26(15,16)8-10/h9-10H,3-8H2,1-2H3. The lowest BCUT2D eigenvalue weighted by Crippen LogP contribution is -2.20. The van der Waals surface area contributed by atoms with Crippen molar-refractivity contribution in [2.24, 2.45) is 0 Å². The third kappa shape index (κ3) is 5.34. The summed E-state index contributed by atoms with van der Waals surface area (Å²) in [6.07, 6.45) is -2.42. The molecule has 26 heavy (non-hydrogen) atoms. The molecule has 154 valence electrons. The van der Waals surface area contributed by atoms with Crippen molar-refractivity contribution in [3.8, 4) is 0 Å². The van der Waals surface area contributed by atoms with Gasteiger partial charge in [0.1, 0.15) is 23.7 Å². The van der Waals surface area contributed by atoms with E-state index in [2.05, 4.69) is 8.37 Å². The molecule has 4 atom stereocenters. The molecule has 2 fully saturated rings. The van der Waals surface area contributed by atoms with Gasteiger partial charge >= 0.3 is 14.6 Å². The highest BCUT2D eigenvalue weighted by Crippen LogP contribution is 2.84. The van der Waals surface area contributed by atoms with E-state index in [4.69, 9.17) is 18.1 Å². The average Bonchev–Trinajstić information content (AvgIpc) is 3.00. The zero-order chi connectivity index (χ0) is 19.6. The largest absolute Gasteiger partial charge is 0.441 e. The minimum Gasteiger partial charge on any atom is -0.300 e. The second-order valence-electron chi connectivity index (χ2n) is 5.25. The lowest BCUT2D eigenvalue weighted by Gasteiger charge is -2.28. The summed E-state index contributed by atoms with van der Waals surface area (Å²) >= 11 is 0. The van der Waals surface area contributed by atoms with Gasteiger partial charge in [-0.1, -0.05) is 0 Å². The van der Waals surface area contributed by atoms with Gasteiger partial charge in [-0.25, -0.2) is 9.13 Å². The summed E-state index contributed by atoms with van der Waals surface area (Å²) in [5.74, 6) is -1.23. The molecule has 0 aromatic heterocycles. The van der Waals surface area contributed by atoms with Gasteiger partial charge in [0.2, 0.25) is 0 Å². The molecule has 0 bridgehead atoms. The molecule has 0 amide bonds. The van der Waals surface area contributed by atoms with E-state index in [1.54, 1.807) is 0 Å². The monoisotopic (exact) mass is 458 g/mol. The van der Waals surface area contributed by atoms with Crippen molar-refractivity contribution in [2.75, 3.05) is 37.9 Å². The van der Waals surface area contributed by atoms with Gasteiger partial charge in [0.25, 0.3) is 20.2 Å². The van der Waals surface area contributed by atoms with Crippen molar-refractivity contribution in [3.05, 3.63) is 0 Å². The van der Waals surface area contributed by atoms with Crippen LogP contribution in [0, 0.1) is 0 Å². The van der Waals surface area contributed by atoms with E-state index in [0.717, 1.165) is 0 Å². The van der Waals surface area contributed by atoms with Crippen LogP contribution in [0.3, 0.4) is 0 Å². The van der Waals surface area contributed by atoms with Crippen molar-refractivity contribution in [1.82, 2.24) is 0 Å². The molecule has 0 aromatic carbocycles. The van der Waals surface area contributed by atoms with E-state index in [0.29, 0.717) is 0 Å². The van der Waals surface area contributed by atoms with Gasteiger partial charge in [-0.05, 0) is 13.8 Å². The first-order chi connectivity index (χ1) is 11.9. The number of hydrogen-bond donors (Lipinski definition) is 0. The fourth-order valence-electron chi connectivity index (χ4n) is 2.15. The summed E-state index contributed by atoms with van der Waals surface area (Å²) in [6.45, 7) is 1.59. The minimum absolute atomic E-state index is 0.211. The van der Waals surface area contributed by atoms with Crippen LogP contribution in [0.5, 0.6) is 0 Å². The Kier molecular flexibility index (Phi) is 7.10. The fourth-order valence-corrected chi connectivity index (χ4v) is 9.85. The molecule has 0 spiro atoms. The Labute approximate surface area is 151 Å². The Hall–Kier alpha value is 0.120. The molecule has 0 aliphatic carbocycles. The Bertz CT molecular complexity index is 738. The molecule has 2 heterocycles. The summed E-state index contributed by atoms with van der Waals surface area (Å²) in [5, 5.41) is 0. The van der Waals surface area contributed by atoms with Gasteiger partial charge in [-0.2, -0.15) is 16.8 Å². The summed E-state index contributed by atoms with van der Waals surface area (Å²) in [5.41, 5.74) is 0. The molecule has 2 saturated heterocycles. The second-order valence-corrected chi connectivity index (χ2v) is 14.4. The van der Waals surface area contributed by atoms with Gasteiger partial charge in [0.05, 0.1) is 26.4 Å². The minimum atomic E-state index is -4.64. The lowest BCUT2D eigenvalue weighted by molar-refractivity contribution is 0.120. The molecule has 2 aliphatic rings. The van der Waals surface area contributed by atoms with E-state index in [9.17, 15) is 26.0 Å². The van der Waals surface area contributed by atoms with Crippen LogP contribution < -0.4 is 0 Å². The maximum atomic E-state index is 13.1. The fraction of sp³-hybridized carbons (Fsp3) is 1.00. The first-order valence-electron chi connectivity index (χ1n) is 7.55. The zero-order valence-corrected chi connectivity index (χ0v) is 17.4. The van der Waals surface area contributed by atoms with Crippen LogP contribution in [0.15, 0.2) is 0 Å². The summed E-state index contributed by atoms with van der Waals surface area (Å²) in [4.78, 5) is 0. The van der Waals surface area contributed by atoms with Crippen LogP contribution in [0.2, 0.25) is 0 Å². The van der Waals surface area contributed by atoms with E-state index >= 15 is 0 Å². The van der Waals surface area contributed by atoms with Gasteiger partial charge in [-0.3, -0.25) is 17.4 Å². The third-order valence-electron chi connectivity index (χ3n) is 3.10. The molecule has 0 aromatic rings. The van der Waals surface area contributed by atoms with E-state index in [1.807, 2.05) is 0 Å². The predicted octanol–water partition coefficient (Wildman–Crippen LogP) is 0.851. The SMILES string of the molecule is CCOP(=O)(OC1COS(=O)(=O)C1)P(=O)(OCC)OC1COS(=O)(=O)C1. The Morgan fingerprint density at radius 2 is 1.15 bits per heavy atom. The van der Waals surface area contributed by atoms with Crippen LogP contribution in [0.25, 0.3) is 0 Å². The van der Waals surface area contributed by atoms with Crippen molar-refractivity contribution in [1.29, 1.82) is 0 Å². The van der Waals surface area contributed by atoms with E-state index < -0.39 is 71.7 Å². The number of rotatable bonds is 9. The van der Waals surface area contributed by atoms with Crippen molar-refractivity contribution >= 4 is 34.8 Å². The van der Waals surface area contributed by atoms with Crippen LogP contribution in [-0.4, -0.2) is 67.0 Å². The molecular formula is C10H20O12P2S2. The van der Waals surface area contributed by atoms with Crippen molar-refractivity contribution in [3.63, 3.8) is 0 Å². The molecule has 0 radical (unpaired) electrons. The van der Waals surface area contributed by atoms with Crippen LogP contribution >= 0.6 is 14.6 Å².